The van der Waals surface area contributed by atoms with Crippen molar-refractivity contribution in [2.24, 2.45) is 0 Å². The zero-order chi connectivity index (χ0) is 12.7. The van der Waals surface area contributed by atoms with E-state index in [1.54, 1.807) is 13.8 Å². The molecule has 0 aromatic heterocycles. The van der Waals surface area contributed by atoms with E-state index in [4.69, 9.17) is 0 Å². The van der Waals surface area contributed by atoms with Crippen LogP contribution in [0.3, 0.4) is 0 Å². The van der Waals surface area contributed by atoms with Crippen LogP contribution in [0.4, 0.5) is 0 Å². The average Bonchev–Trinajstić information content (AvgIpc) is 2.12. The van der Waals surface area contributed by atoms with Crippen LogP contribution >= 0.6 is 0 Å². The van der Waals surface area contributed by atoms with Gasteiger partial charge in [0.1, 0.15) is 0 Å². The van der Waals surface area contributed by atoms with Crippen LogP contribution in [0.25, 0.3) is 0 Å². The van der Waals surface area contributed by atoms with Crippen molar-refractivity contribution in [3.8, 4) is 0 Å². The topological polar surface area (TPSA) is 86.7 Å². The van der Waals surface area contributed by atoms with Crippen LogP contribution in [0.2, 0.25) is 0 Å². The number of rotatable bonds is 9. The molecule has 0 N–H and O–H groups in total. The minimum atomic E-state index is -3.50. The molecule has 0 aliphatic rings. The van der Waals surface area contributed by atoms with E-state index in [0.29, 0.717) is 0 Å². The highest BCUT2D eigenvalue weighted by molar-refractivity contribution is 7.87. The fraction of sp³-hybridized carbons (Fsp3) is 1.00. The number of hydrogen-bond donors (Lipinski definition) is 0. The molecule has 0 saturated heterocycles. The molecule has 98 valence electrons. The van der Waals surface area contributed by atoms with E-state index in [-0.39, 0.29) is 37.6 Å². The predicted octanol–water partition coefficient (Wildman–Crippen LogP) is 0.499. The summed E-state index contributed by atoms with van der Waals surface area (Å²) in [6.07, 6.45) is 0.489. The Bertz CT molecular complexity index is 331. The van der Waals surface area contributed by atoms with Crippen molar-refractivity contribution in [2.75, 3.05) is 24.7 Å². The second-order valence-corrected chi connectivity index (χ2v) is 6.56. The highest BCUT2D eigenvalue weighted by Crippen LogP contribution is 2.03. The van der Waals surface area contributed by atoms with E-state index < -0.39 is 20.2 Å². The quantitative estimate of drug-likeness (QED) is 0.449. The van der Waals surface area contributed by atoms with Crippen molar-refractivity contribution in [3.05, 3.63) is 0 Å². The SMILES string of the molecule is CCOS(=O)(=O)CCCCS(=O)(=O)OCC. The van der Waals surface area contributed by atoms with Crippen molar-refractivity contribution in [3.63, 3.8) is 0 Å². The molecule has 0 rings (SSSR count). The summed E-state index contributed by atoms with van der Waals surface area (Å²) in [5, 5.41) is 0. The smallest absolute Gasteiger partial charge is 0.267 e. The first-order chi connectivity index (χ1) is 7.33. The zero-order valence-electron chi connectivity index (χ0n) is 9.51. The summed E-state index contributed by atoms with van der Waals surface area (Å²) in [5.74, 6) is -0.328. The third-order valence-corrected chi connectivity index (χ3v) is 4.40. The fourth-order valence-corrected chi connectivity index (χ4v) is 3.10. The van der Waals surface area contributed by atoms with E-state index >= 15 is 0 Å². The molecule has 0 aromatic carbocycles. The molecule has 0 heterocycles. The third-order valence-electron chi connectivity index (χ3n) is 1.63. The van der Waals surface area contributed by atoms with Crippen LogP contribution in [-0.2, 0) is 28.6 Å². The summed E-state index contributed by atoms with van der Waals surface area (Å²) >= 11 is 0. The van der Waals surface area contributed by atoms with Gasteiger partial charge in [-0.15, -0.1) is 0 Å². The molecule has 0 saturated carbocycles. The first-order valence-electron chi connectivity index (χ1n) is 5.07. The van der Waals surface area contributed by atoms with Gasteiger partial charge in [-0.1, -0.05) is 0 Å². The van der Waals surface area contributed by atoms with Crippen molar-refractivity contribution >= 4 is 20.2 Å². The Morgan fingerprint density at radius 1 is 0.750 bits per heavy atom. The van der Waals surface area contributed by atoms with Crippen molar-refractivity contribution in [1.82, 2.24) is 0 Å². The fourth-order valence-electron chi connectivity index (χ4n) is 1.03. The van der Waals surface area contributed by atoms with Gasteiger partial charge >= 0.3 is 0 Å². The molecule has 0 aliphatic heterocycles. The first kappa shape index (κ1) is 15.8. The summed E-state index contributed by atoms with van der Waals surface area (Å²) in [7, 11) is -6.99. The molecule has 0 amide bonds. The lowest BCUT2D eigenvalue weighted by Crippen LogP contribution is -2.14. The average molecular weight is 274 g/mol. The monoisotopic (exact) mass is 274 g/mol. The van der Waals surface area contributed by atoms with E-state index in [1.165, 1.54) is 0 Å². The summed E-state index contributed by atoms with van der Waals surface area (Å²) in [5.41, 5.74) is 0. The van der Waals surface area contributed by atoms with Gasteiger partial charge in [-0.25, -0.2) is 0 Å². The summed E-state index contributed by atoms with van der Waals surface area (Å²) in [4.78, 5) is 0. The molecule has 0 radical (unpaired) electrons. The molecule has 16 heavy (non-hydrogen) atoms. The van der Waals surface area contributed by atoms with Crippen LogP contribution in [-0.4, -0.2) is 41.6 Å². The zero-order valence-corrected chi connectivity index (χ0v) is 11.1. The van der Waals surface area contributed by atoms with Gasteiger partial charge in [-0.3, -0.25) is 8.37 Å². The molecular weight excluding hydrogens is 256 g/mol. The minimum absolute atomic E-state index is 0.0968. The van der Waals surface area contributed by atoms with Crippen LogP contribution in [0.1, 0.15) is 26.7 Å². The van der Waals surface area contributed by atoms with Gasteiger partial charge in [0.25, 0.3) is 20.2 Å². The third kappa shape index (κ3) is 8.03. The summed E-state index contributed by atoms with van der Waals surface area (Å²) in [6.45, 7) is 3.35. The molecule has 0 unspecified atom stereocenters. The van der Waals surface area contributed by atoms with Crippen LogP contribution in [0, 0.1) is 0 Å². The van der Waals surface area contributed by atoms with E-state index in [9.17, 15) is 16.8 Å². The molecule has 0 aliphatic carbocycles. The number of hydrogen-bond acceptors (Lipinski definition) is 6. The Morgan fingerprint density at radius 2 is 1.06 bits per heavy atom. The lowest BCUT2D eigenvalue weighted by atomic mass is 10.4. The maximum Gasteiger partial charge on any atom is 0.267 e. The van der Waals surface area contributed by atoms with Crippen LogP contribution < -0.4 is 0 Å². The maximum absolute atomic E-state index is 11.1. The van der Waals surface area contributed by atoms with Gasteiger partial charge in [0.2, 0.25) is 0 Å². The first-order valence-corrected chi connectivity index (χ1v) is 8.22. The molecule has 0 bridgehead atoms. The Balaban J connectivity index is 3.85. The maximum atomic E-state index is 11.1. The van der Waals surface area contributed by atoms with Gasteiger partial charge in [0.15, 0.2) is 0 Å². The van der Waals surface area contributed by atoms with Gasteiger partial charge in [0.05, 0.1) is 24.7 Å². The van der Waals surface area contributed by atoms with Crippen molar-refractivity contribution in [1.29, 1.82) is 0 Å². The van der Waals surface area contributed by atoms with E-state index in [2.05, 4.69) is 8.37 Å². The predicted molar refractivity (Wildman–Crippen MR) is 60.1 cm³/mol. The number of unbranched alkanes of at least 4 members (excludes halogenated alkanes) is 1. The van der Waals surface area contributed by atoms with Crippen LogP contribution in [0.15, 0.2) is 0 Å². The summed E-state index contributed by atoms with van der Waals surface area (Å²) < 4.78 is 53.3. The molecule has 0 atom stereocenters. The Hall–Kier alpha value is -0.180. The summed E-state index contributed by atoms with van der Waals surface area (Å²) in [6, 6.07) is 0. The van der Waals surface area contributed by atoms with Crippen molar-refractivity contribution < 1.29 is 25.2 Å². The standard InChI is InChI=1S/C8H18O6S2/c1-3-13-15(9,10)7-5-6-8-16(11,12)14-4-2/h3-8H2,1-2H3. The van der Waals surface area contributed by atoms with E-state index in [1.807, 2.05) is 0 Å². The van der Waals surface area contributed by atoms with Gasteiger partial charge in [-0.2, -0.15) is 16.8 Å². The highest BCUT2D eigenvalue weighted by atomic mass is 32.2. The normalized spacial score (nSPS) is 12.9. The van der Waals surface area contributed by atoms with Crippen LogP contribution in [0.5, 0.6) is 0 Å². The van der Waals surface area contributed by atoms with Crippen molar-refractivity contribution in [2.45, 2.75) is 26.7 Å². The molecule has 0 aromatic rings. The Morgan fingerprint density at radius 3 is 1.31 bits per heavy atom. The highest BCUT2D eigenvalue weighted by Gasteiger charge is 2.13. The second kappa shape index (κ2) is 7.21. The molecule has 8 heteroatoms. The lowest BCUT2D eigenvalue weighted by Gasteiger charge is -2.04. The van der Waals surface area contributed by atoms with E-state index in [0.717, 1.165) is 0 Å². The largest absolute Gasteiger partial charge is 0.270 e. The molecule has 6 nitrogen and oxygen atoms in total. The molecule has 0 spiro atoms. The minimum Gasteiger partial charge on any atom is -0.270 e. The van der Waals surface area contributed by atoms with Gasteiger partial charge in [-0.05, 0) is 26.7 Å². The molecular formula is C8H18O6S2. The Kier molecular flexibility index (Phi) is 7.12. The molecule has 0 fully saturated rings. The van der Waals surface area contributed by atoms with Gasteiger partial charge < -0.3 is 0 Å². The Labute approximate surface area is 97.2 Å². The lowest BCUT2D eigenvalue weighted by molar-refractivity contribution is 0.333. The second-order valence-electron chi connectivity index (χ2n) is 3.04. The van der Waals surface area contributed by atoms with Gasteiger partial charge in [0, 0.05) is 0 Å².